The topological polar surface area (TPSA) is 83.6 Å². The summed E-state index contributed by atoms with van der Waals surface area (Å²) in [5.41, 5.74) is 5.25. The summed E-state index contributed by atoms with van der Waals surface area (Å²) < 4.78 is 21.1. The standard InChI is InChI=1S/C28H31N5O4/c1-5-8-18(6-2)33-26-20-13-19(22-9-12-31(3)29-22)23(35-4)14-24(20)37-15-21(26)25(30-33)27(34)32-11-7-10-28(32)16-36-17-28/h5-6,8-9,12-14H,7,10-11,15-17H2,1-4H3/b8-5-,18-6+. The highest BCUT2D eigenvalue weighted by Gasteiger charge is 2.50. The smallest absolute Gasteiger partial charge is 0.275 e. The molecule has 3 aliphatic heterocycles. The molecule has 2 fully saturated rings. The summed E-state index contributed by atoms with van der Waals surface area (Å²) in [5, 5.41) is 9.53. The van der Waals surface area contributed by atoms with E-state index in [1.54, 1.807) is 11.8 Å². The zero-order chi connectivity index (χ0) is 25.7. The Hall–Kier alpha value is -3.85. The van der Waals surface area contributed by atoms with E-state index in [2.05, 4.69) is 5.10 Å². The predicted molar refractivity (Wildman–Crippen MR) is 139 cm³/mol. The summed E-state index contributed by atoms with van der Waals surface area (Å²) in [7, 11) is 3.53. The zero-order valence-electron chi connectivity index (χ0n) is 21.7. The molecule has 0 unspecified atom stereocenters. The highest BCUT2D eigenvalue weighted by atomic mass is 16.5. The molecule has 2 saturated heterocycles. The van der Waals surface area contributed by atoms with Crippen LogP contribution in [0.15, 0.2) is 42.6 Å². The number of rotatable bonds is 5. The molecule has 0 atom stereocenters. The number of aryl methyl sites for hydroxylation is 1. The first kappa shape index (κ1) is 23.5. The van der Waals surface area contributed by atoms with Crippen molar-refractivity contribution in [1.82, 2.24) is 24.5 Å². The minimum atomic E-state index is -0.201. The number of benzene rings is 1. The molecule has 9 nitrogen and oxygen atoms in total. The average molecular weight is 502 g/mol. The maximum Gasteiger partial charge on any atom is 0.275 e. The largest absolute Gasteiger partial charge is 0.496 e. The molecule has 1 spiro atoms. The number of carbonyl (C=O) groups excluding carboxylic acids is 1. The molecule has 6 rings (SSSR count). The molecule has 37 heavy (non-hydrogen) atoms. The highest BCUT2D eigenvalue weighted by Crippen LogP contribution is 2.46. The van der Waals surface area contributed by atoms with E-state index in [1.807, 2.05) is 73.1 Å². The lowest BCUT2D eigenvalue weighted by molar-refractivity contribution is -0.109. The number of hydrogen-bond acceptors (Lipinski definition) is 6. The second-order valence-corrected chi connectivity index (χ2v) is 9.79. The summed E-state index contributed by atoms with van der Waals surface area (Å²) in [6.45, 7) is 6.09. The number of amides is 1. The summed E-state index contributed by atoms with van der Waals surface area (Å²) in [5.74, 6) is 1.30. The fraction of sp³-hybridized carbons (Fsp3) is 0.393. The second-order valence-electron chi connectivity index (χ2n) is 9.79. The summed E-state index contributed by atoms with van der Waals surface area (Å²) >= 11 is 0. The fourth-order valence-electron chi connectivity index (χ4n) is 5.65. The average Bonchev–Trinajstić information content (AvgIpc) is 3.62. The first-order chi connectivity index (χ1) is 18.0. The molecule has 1 aromatic carbocycles. The van der Waals surface area contributed by atoms with Gasteiger partial charge in [0, 0.05) is 42.5 Å². The van der Waals surface area contributed by atoms with E-state index >= 15 is 0 Å². The summed E-state index contributed by atoms with van der Waals surface area (Å²) in [4.78, 5) is 16.0. The van der Waals surface area contributed by atoms with Crippen LogP contribution in [0.3, 0.4) is 0 Å². The number of fused-ring (bicyclic) bond motifs is 3. The highest BCUT2D eigenvalue weighted by molar-refractivity contribution is 5.98. The minimum absolute atomic E-state index is 0.0581. The Kier molecular flexibility index (Phi) is 5.67. The number of ether oxygens (including phenoxy) is 3. The van der Waals surface area contributed by atoms with E-state index in [9.17, 15) is 4.79 Å². The van der Waals surface area contributed by atoms with E-state index in [0.717, 1.165) is 46.6 Å². The van der Waals surface area contributed by atoms with Gasteiger partial charge in [0.1, 0.15) is 18.1 Å². The molecule has 0 bridgehead atoms. The number of allylic oxidation sites excluding steroid dienone is 4. The molecular weight excluding hydrogens is 470 g/mol. The van der Waals surface area contributed by atoms with E-state index < -0.39 is 0 Å². The maximum absolute atomic E-state index is 14.0. The van der Waals surface area contributed by atoms with Crippen molar-refractivity contribution in [2.75, 3.05) is 26.9 Å². The van der Waals surface area contributed by atoms with E-state index in [-0.39, 0.29) is 18.1 Å². The van der Waals surface area contributed by atoms with Gasteiger partial charge in [-0.05, 0) is 44.9 Å². The molecule has 0 aliphatic carbocycles. The zero-order valence-corrected chi connectivity index (χ0v) is 21.7. The summed E-state index contributed by atoms with van der Waals surface area (Å²) in [6, 6.07) is 5.88. The Morgan fingerprint density at radius 3 is 2.68 bits per heavy atom. The molecule has 192 valence electrons. The summed E-state index contributed by atoms with van der Waals surface area (Å²) in [6.07, 6.45) is 9.81. The third-order valence-electron chi connectivity index (χ3n) is 7.57. The van der Waals surface area contributed by atoms with Crippen LogP contribution in [-0.2, 0) is 18.4 Å². The van der Waals surface area contributed by atoms with Crippen LogP contribution in [0.4, 0.5) is 0 Å². The molecule has 0 saturated carbocycles. The van der Waals surface area contributed by atoms with Crippen LogP contribution >= 0.6 is 0 Å². The molecule has 3 aromatic rings. The lowest BCUT2D eigenvalue weighted by atomic mass is 9.93. The predicted octanol–water partition coefficient (Wildman–Crippen LogP) is 4.29. The van der Waals surface area contributed by atoms with Crippen molar-refractivity contribution in [1.29, 1.82) is 0 Å². The molecule has 0 radical (unpaired) electrons. The second kappa shape index (κ2) is 8.92. The van der Waals surface area contributed by atoms with Gasteiger partial charge in [0.15, 0.2) is 5.69 Å². The molecular formula is C28H31N5O4. The van der Waals surface area contributed by atoms with Gasteiger partial charge in [0.25, 0.3) is 5.91 Å². The number of likely N-dealkylation sites (tertiary alicyclic amines) is 1. The maximum atomic E-state index is 14.0. The Morgan fingerprint density at radius 1 is 1.19 bits per heavy atom. The van der Waals surface area contributed by atoms with Crippen LogP contribution in [0.1, 0.15) is 42.7 Å². The van der Waals surface area contributed by atoms with Gasteiger partial charge in [-0.25, -0.2) is 4.68 Å². The monoisotopic (exact) mass is 501 g/mol. The lowest BCUT2D eigenvalue weighted by Crippen LogP contribution is -2.60. The van der Waals surface area contributed by atoms with Crippen LogP contribution in [0, 0.1) is 0 Å². The normalized spacial score (nSPS) is 18.1. The van der Waals surface area contributed by atoms with E-state index in [0.29, 0.717) is 37.0 Å². The van der Waals surface area contributed by atoms with E-state index in [1.165, 1.54) is 0 Å². The Bertz CT molecular complexity index is 1440. The number of aromatic nitrogens is 4. The Morgan fingerprint density at radius 2 is 2.03 bits per heavy atom. The van der Waals surface area contributed by atoms with Gasteiger partial charge in [0.2, 0.25) is 0 Å². The molecule has 9 heteroatoms. The number of carbonyl (C=O) groups is 1. The first-order valence-electron chi connectivity index (χ1n) is 12.7. The molecule has 2 aromatic heterocycles. The van der Waals surface area contributed by atoms with Crippen molar-refractivity contribution >= 4 is 11.6 Å². The van der Waals surface area contributed by atoms with Crippen LogP contribution in [0.2, 0.25) is 0 Å². The molecule has 3 aliphatic rings. The van der Waals surface area contributed by atoms with Crippen molar-refractivity contribution in [2.45, 2.75) is 38.8 Å². The Labute approximate surface area is 215 Å². The van der Waals surface area contributed by atoms with Gasteiger partial charge in [-0.3, -0.25) is 9.48 Å². The van der Waals surface area contributed by atoms with Crippen molar-refractivity contribution in [3.8, 4) is 34.0 Å². The van der Waals surface area contributed by atoms with Gasteiger partial charge < -0.3 is 19.1 Å². The number of nitrogens with zero attached hydrogens (tertiary/aromatic N) is 5. The third-order valence-corrected chi connectivity index (χ3v) is 7.57. The quantitative estimate of drug-likeness (QED) is 0.485. The van der Waals surface area contributed by atoms with Gasteiger partial charge in [-0.15, -0.1) is 0 Å². The van der Waals surface area contributed by atoms with Gasteiger partial charge in [-0.1, -0.05) is 12.2 Å². The Balaban J connectivity index is 1.55. The van der Waals surface area contributed by atoms with Crippen molar-refractivity contribution in [3.05, 3.63) is 53.9 Å². The third kappa shape index (κ3) is 3.60. The minimum Gasteiger partial charge on any atom is -0.496 e. The lowest BCUT2D eigenvalue weighted by Gasteiger charge is -2.44. The van der Waals surface area contributed by atoms with Crippen LogP contribution in [-0.4, -0.2) is 62.8 Å². The van der Waals surface area contributed by atoms with Gasteiger partial charge >= 0.3 is 0 Å². The van der Waals surface area contributed by atoms with Gasteiger partial charge in [-0.2, -0.15) is 10.2 Å². The first-order valence-corrected chi connectivity index (χ1v) is 12.7. The van der Waals surface area contributed by atoms with Crippen LogP contribution in [0.25, 0.3) is 28.2 Å². The molecule has 5 heterocycles. The number of methoxy groups -OCH3 is 1. The van der Waals surface area contributed by atoms with Crippen LogP contribution < -0.4 is 9.47 Å². The van der Waals surface area contributed by atoms with Crippen molar-refractivity contribution in [3.63, 3.8) is 0 Å². The number of hydrogen-bond donors (Lipinski definition) is 0. The van der Waals surface area contributed by atoms with Crippen LogP contribution in [0.5, 0.6) is 11.5 Å². The van der Waals surface area contributed by atoms with Gasteiger partial charge in [0.05, 0.1) is 42.9 Å². The SMILES string of the molecule is C/C=C\C(=C/C)n1nc(C(=O)N2CCCC23COC3)c2c1-c1cc(-c3ccn(C)n3)c(OC)cc1OC2. The molecule has 0 N–H and O–H groups in total. The van der Waals surface area contributed by atoms with E-state index in [4.69, 9.17) is 19.3 Å². The fourth-order valence-corrected chi connectivity index (χ4v) is 5.65. The molecule has 1 amide bonds. The van der Waals surface area contributed by atoms with Crippen molar-refractivity contribution in [2.24, 2.45) is 7.05 Å². The van der Waals surface area contributed by atoms with Crippen molar-refractivity contribution < 1.29 is 19.0 Å².